The molecule has 4 nitrogen and oxygen atoms in total. The van der Waals surface area contributed by atoms with E-state index in [2.05, 4.69) is 0 Å². The fourth-order valence-electron chi connectivity index (χ4n) is 4.38. The van der Waals surface area contributed by atoms with Crippen molar-refractivity contribution in [1.82, 2.24) is 4.90 Å². The number of likely N-dealkylation sites (tertiary alicyclic amines) is 1. The zero-order valence-corrected chi connectivity index (χ0v) is 14.7. The van der Waals surface area contributed by atoms with Gasteiger partial charge in [0.25, 0.3) is 0 Å². The third-order valence-corrected chi connectivity index (χ3v) is 5.48. The molecular formula is C19H27FN2O2. The van der Waals surface area contributed by atoms with E-state index in [-0.39, 0.29) is 17.3 Å². The van der Waals surface area contributed by atoms with Crippen molar-refractivity contribution >= 4 is 6.09 Å². The number of ether oxygens (including phenoxy) is 1. The summed E-state index contributed by atoms with van der Waals surface area (Å²) in [6.07, 6.45) is 1.43. The van der Waals surface area contributed by atoms with Gasteiger partial charge in [0.05, 0.1) is 0 Å². The molecule has 1 unspecified atom stereocenters. The summed E-state index contributed by atoms with van der Waals surface area (Å²) < 4.78 is 19.8. The SMILES string of the molecule is CC(C)(C)OC(=O)N1CC[C@@H]2[C@H](CC1)C2(CN)c1ccccc1F. The molecule has 1 saturated carbocycles. The number of benzene rings is 1. The average Bonchev–Trinajstić information content (AvgIpc) is 3.17. The maximum atomic E-state index is 14.3. The molecule has 1 amide bonds. The molecule has 1 saturated heterocycles. The first kappa shape index (κ1) is 17.2. The van der Waals surface area contributed by atoms with Gasteiger partial charge in [0.15, 0.2) is 0 Å². The lowest BCUT2D eigenvalue weighted by molar-refractivity contribution is 0.0248. The highest BCUT2D eigenvalue weighted by atomic mass is 19.1. The van der Waals surface area contributed by atoms with Gasteiger partial charge < -0.3 is 15.4 Å². The van der Waals surface area contributed by atoms with Gasteiger partial charge in [-0.15, -0.1) is 0 Å². The van der Waals surface area contributed by atoms with Crippen LogP contribution in [0.4, 0.5) is 9.18 Å². The van der Waals surface area contributed by atoms with Crippen LogP contribution in [0.3, 0.4) is 0 Å². The van der Waals surface area contributed by atoms with Gasteiger partial charge in [-0.05, 0) is 57.1 Å². The minimum atomic E-state index is -0.486. The van der Waals surface area contributed by atoms with Crippen LogP contribution in [0.15, 0.2) is 24.3 Å². The van der Waals surface area contributed by atoms with Crippen molar-refractivity contribution in [3.63, 3.8) is 0 Å². The van der Waals surface area contributed by atoms with Gasteiger partial charge in [0, 0.05) is 25.0 Å². The summed E-state index contributed by atoms with van der Waals surface area (Å²) in [5, 5.41) is 0. The predicted octanol–water partition coefficient (Wildman–Crippen LogP) is 3.30. The Bertz CT molecular complexity index is 612. The van der Waals surface area contributed by atoms with Crippen LogP contribution in [0.5, 0.6) is 0 Å². The van der Waals surface area contributed by atoms with E-state index >= 15 is 0 Å². The predicted molar refractivity (Wildman–Crippen MR) is 91.2 cm³/mol. The smallest absolute Gasteiger partial charge is 0.410 e. The Labute approximate surface area is 143 Å². The number of halogens is 1. The molecule has 1 aliphatic heterocycles. The van der Waals surface area contributed by atoms with E-state index < -0.39 is 5.60 Å². The largest absolute Gasteiger partial charge is 0.444 e. The summed E-state index contributed by atoms with van der Waals surface area (Å²) in [6.45, 7) is 7.36. The highest BCUT2D eigenvalue weighted by molar-refractivity contribution is 5.68. The number of rotatable bonds is 2. The molecule has 3 atom stereocenters. The van der Waals surface area contributed by atoms with Crippen molar-refractivity contribution < 1.29 is 13.9 Å². The first-order chi connectivity index (χ1) is 11.3. The summed E-state index contributed by atoms with van der Waals surface area (Å²) >= 11 is 0. The minimum absolute atomic E-state index is 0.167. The van der Waals surface area contributed by atoms with Gasteiger partial charge in [-0.3, -0.25) is 0 Å². The van der Waals surface area contributed by atoms with E-state index in [9.17, 15) is 9.18 Å². The number of amides is 1. The minimum Gasteiger partial charge on any atom is -0.444 e. The Kier molecular flexibility index (Phi) is 4.32. The molecule has 24 heavy (non-hydrogen) atoms. The lowest BCUT2D eigenvalue weighted by atomic mass is 9.89. The molecule has 0 aromatic heterocycles. The lowest BCUT2D eigenvalue weighted by Gasteiger charge is -2.28. The third-order valence-electron chi connectivity index (χ3n) is 5.48. The van der Waals surface area contributed by atoms with Crippen LogP contribution in [-0.2, 0) is 10.2 Å². The second kappa shape index (κ2) is 6.03. The molecule has 2 aliphatic rings. The third kappa shape index (κ3) is 2.90. The normalized spacial score (nSPS) is 29.6. The fraction of sp³-hybridized carbons (Fsp3) is 0.632. The first-order valence-corrected chi connectivity index (χ1v) is 8.72. The molecule has 0 bridgehead atoms. The van der Waals surface area contributed by atoms with Crippen LogP contribution in [0.1, 0.15) is 39.2 Å². The van der Waals surface area contributed by atoms with Gasteiger partial charge in [-0.2, -0.15) is 0 Å². The van der Waals surface area contributed by atoms with Gasteiger partial charge in [0.2, 0.25) is 0 Å². The maximum Gasteiger partial charge on any atom is 0.410 e. The van der Waals surface area contributed by atoms with Gasteiger partial charge in [0.1, 0.15) is 11.4 Å². The Morgan fingerprint density at radius 2 is 1.88 bits per heavy atom. The standard InChI is InChI=1S/C19H27FN2O2/c1-18(2,3)24-17(23)22-10-8-13-14(9-11-22)19(13,12-21)15-6-4-5-7-16(15)20/h4-7,13-14H,8-12,21H2,1-3H3/t13-,14+,19?. The van der Waals surface area contributed by atoms with E-state index in [1.54, 1.807) is 11.0 Å². The van der Waals surface area contributed by atoms with Crippen molar-refractivity contribution in [3.05, 3.63) is 35.6 Å². The van der Waals surface area contributed by atoms with Crippen LogP contribution in [0.2, 0.25) is 0 Å². The van der Waals surface area contributed by atoms with E-state index in [1.807, 2.05) is 32.9 Å². The quantitative estimate of drug-likeness (QED) is 0.903. The van der Waals surface area contributed by atoms with E-state index in [0.717, 1.165) is 18.4 Å². The van der Waals surface area contributed by atoms with Crippen molar-refractivity contribution in [2.24, 2.45) is 17.6 Å². The molecule has 3 rings (SSSR count). The number of hydrogen-bond donors (Lipinski definition) is 1. The molecule has 5 heteroatoms. The average molecular weight is 334 g/mol. The number of carbonyl (C=O) groups is 1. The highest BCUT2D eigenvalue weighted by Gasteiger charge is 2.65. The van der Waals surface area contributed by atoms with Gasteiger partial charge in [-0.25, -0.2) is 9.18 Å². The lowest BCUT2D eigenvalue weighted by Crippen LogP contribution is -2.39. The van der Waals surface area contributed by atoms with Gasteiger partial charge in [-0.1, -0.05) is 18.2 Å². The Morgan fingerprint density at radius 3 is 2.38 bits per heavy atom. The second-order valence-electron chi connectivity index (χ2n) is 7.98. The Hall–Kier alpha value is -1.62. The monoisotopic (exact) mass is 334 g/mol. The highest BCUT2D eigenvalue weighted by Crippen LogP contribution is 2.63. The number of carbonyl (C=O) groups excluding carboxylic acids is 1. The molecule has 1 aliphatic carbocycles. The zero-order chi connectivity index (χ0) is 17.5. The molecule has 2 fully saturated rings. The summed E-state index contributed by atoms with van der Waals surface area (Å²) in [5.74, 6) is 0.513. The number of nitrogens with zero attached hydrogens (tertiary/aromatic N) is 1. The Balaban J connectivity index is 1.72. The second-order valence-corrected chi connectivity index (χ2v) is 7.98. The van der Waals surface area contributed by atoms with Crippen molar-refractivity contribution in [3.8, 4) is 0 Å². The number of fused-ring (bicyclic) bond motifs is 1. The summed E-state index contributed by atoms with van der Waals surface area (Å²) in [5.41, 5.74) is 6.09. The molecule has 132 valence electrons. The molecule has 1 heterocycles. The van der Waals surface area contributed by atoms with Crippen molar-refractivity contribution in [2.45, 2.75) is 44.6 Å². The fourth-order valence-corrected chi connectivity index (χ4v) is 4.38. The van der Waals surface area contributed by atoms with Crippen LogP contribution in [0.25, 0.3) is 0 Å². The van der Waals surface area contributed by atoms with Crippen LogP contribution < -0.4 is 5.73 Å². The number of hydrogen-bond acceptors (Lipinski definition) is 3. The summed E-state index contributed by atoms with van der Waals surface area (Å²) in [6, 6.07) is 6.97. The molecular weight excluding hydrogens is 307 g/mol. The van der Waals surface area contributed by atoms with Crippen LogP contribution in [0, 0.1) is 17.7 Å². The van der Waals surface area contributed by atoms with E-state index in [4.69, 9.17) is 10.5 Å². The molecule has 0 spiro atoms. The molecule has 1 aromatic carbocycles. The van der Waals surface area contributed by atoms with Crippen LogP contribution in [-0.4, -0.2) is 36.2 Å². The summed E-state index contributed by atoms with van der Waals surface area (Å²) in [7, 11) is 0. The topological polar surface area (TPSA) is 55.6 Å². The molecule has 1 aromatic rings. The first-order valence-electron chi connectivity index (χ1n) is 8.72. The van der Waals surface area contributed by atoms with Crippen molar-refractivity contribution in [1.29, 1.82) is 0 Å². The molecule has 0 radical (unpaired) electrons. The van der Waals surface area contributed by atoms with Crippen LogP contribution >= 0.6 is 0 Å². The van der Waals surface area contributed by atoms with E-state index in [1.165, 1.54) is 6.07 Å². The Morgan fingerprint density at radius 1 is 1.29 bits per heavy atom. The number of nitrogens with two attached hydrogens (primary N) is 1. The molecule has 2 N–H and O–H groups in total. The van der Waals surface area contributed by atoms with E-state index in [0.29, 0.717) is 31.5 Å². The summed E-state index contributed by atoms with van der Waals surface area (Å²) in [4.78, 5) is 14.0. The maximum absolute atomic E-state index is 14.3. The van der Waals surface area contributed by atoms with Crippen molar-refractivity contribution in [2.75, 3.05) is 19.6 Å². The zero-order valence-electron chi connectivity index (χ0n) is 14.7. The van der Waals surface area contributed by atoms with Gasteiger partial charge >= 0.3 is 6.09 Å².